The molecule has 0 unspecified atom stereocenters. The Kier molecular flexibility index (Phi) is 3.42. The Labute approximate surface area is 81.4 Å². The average Bonchev–Trinajstić information content (AvgIpc) is 2.31. The molecule has 13 heavy (non-hydrogen) atoms. The first-order valence-corrected chi connectivity index (χ1v) is 5.12. The Morgan fingerprint density at radius 3 is 2.85 bits per heavy atom. The monoisotopic (exact) mass is 199 g/mol. The van der Waals surface area contributed by atoms with Crippen LogP contribution in [-0.2, 0) is 17.6 Å². The zero-order chi connectivity index (χ0) is 9.84. The third kappa shape index (κ3) is 2.81. The molecule has 0 aromatic carbocycles. The molecule has 1 aromatic rings. The van der Waals surface area contributed by atoms with Crippen molar-refractivity contribution in [3.05, 3.63) is 15.6 Å². The van der Waals surface area contributed by atoms with E-state index in [1.807, 2.05) is 6.92 Å². The highest BCUT2D eigenvalue weighted by Crippen LogP contribution is 2.20. The molecule has 0 radical (unpaired) electrons. The maximum atomic E-state index is 10.5. The second-order valence-corrected chi connectivity index (χ2v) is 4.21. The van der Waals surface area contributed by atoms with Gasteiger partial charge in [-0.3, -0.25) is 4.79 Å². The molecule has 0 aliphatic rings. The lowest BCUT2D eigenvalue weighted by atomic mass is 10.2. The van der Waals surface area contributed by atoms with Gasteiger partial charge in [0.15, 0.2) is 0 Å². The topological polar surface area (TPSA) is 50.2 Å². The average molecular weight is 199 g/mol. The SMILES string of the molecule is CCCc1sc(C)nc1CC(=O)O. The fourth-order valence-electron chi connectivity index (χ4n) is 1.22. The molecular weight excluding hydrogens is 186 g/mol. The van der Waals surface area contributed by atoms with Gasteiger partial charge in [-0.2, -0.15) is 0 Å². The highest BCUT2D eigenvalue weighted by Gasteiger charge is 2.11. The maximum Gasteiger partial charge on any atom is 0.309 e. The molecule has 0 spiro atoms. The summed E-state index contributed by atoms with van der Waals surface area (Å²) in [6, 6.07) is 0. The zero-order valence-corrected chi connectivity index (χ0v) is 8.65. The molecule has 0 aliphatic carbocycles. The van der Waals surface area contributed by atoms with E-state index in [1.54, 1.807) is 11.3 Å². The van der Waals surface area contributed by atoms with E-state index < -0.39 is 5.97 Å². The maximum absolute atomic E-state index is 10.5. The molecule has 0 atom stereocenters. The summed E-state index contributed by atoms with van der Waals surface area (Å²) >= 11 is 1.61. The van der Waals surface area contributed by atoms with Crippen molar-refractivity contribution >= 4 is 17.3 Å². The number of nitrogens with zero attached hydrogens (tertiary/aromatic N) is 1. The van der Waals surface area contributed by atoms with Crippen molar-refractivity contribution in [1.29, 1.82) is 0 Å². The number of carboxylic acids is 1. The first-order chi connectivity index (χ1) is 6.13. The molecule has 1 N–H and O–H groups in total. The summed E-state index contributed by atoms with van der Waals surface area (Å²) in [6.07, 6.45) is 2.03. The van der Waals surface area contributed by atoms with E-state index in [0.29, 0.717) is 0 Å². The molecule has 1 aromatic heterocycles. The van der Waals surface area contributed by atoms with Crippen molar-refractivity contribution in [2.75, 3.05) is 0 Å². The van der Waals surface area contributed by atoms with Gasteiger partial charge in [0.05, 0.1) is 17.1 Å². The van der Waals surface area contributed by atoms with Gasteiger partial charge in [-0.05, 0) is 13.3 Å². The van der Waals surface area contributed by atoms with Crippen LogP contribution in [0.25, 0.3) is 0 Å². The molecule has 0 amide bonds. The van der Waals surface area contributed by atoms with Gasteiger partial charge < -0.3 is 5.11 Å². The minimum absolute atomic E-state index is 0.0552. The third-order valence-electron chi connectivity index (χ3n) is 1.68. The van der Waals surface area contributed by atoms with Crippen molar-refractivity contribution in [2.45, 2.75) is 33.1 Å². The summed E-state index contributed by atoms with van der Waals surface area (Å²) in [5.74, 6) is -0.803. The smallest absolute Gasteiger partial charge is 0.309 e. The summed E-state index contributed by atoms with van der Waals surface area (Å²) in [5.41, 5.74) is 0.747. The van der Waals surface area contributed by atoms with E-state index >= 15 is 0 Å². The van der Waals surface area contributed by atoms with Gasteiger partial charge >= 0.3 is 5.97 Å². The first kappa shape index (κ1) is 10.2. The highest BCUT2D eigenvalue weighted by atomic mass is 32.1. The second-order valence-electron chi connectivity index (χ2n) is 2.92. The van der Waals surface area contributed by atoms with E-state index in [2.05, 4.69) is 11.9 Å². The number of carbonyl (C=O) groups is 1. The number of aliphatic carboxylic acids is 1. The fraction of sp³-hybridized carbons (Fsp3) is 0.556. The van der Waals surface area contributed by atoms with Crippen molar-refractivity contribution < 1.29 is 9.90 Å². The molecule has 1 rings (SSSR count). The van der Waals surface area contributed by atoms with Crippen molar-refractivity contribution in [3.63, 3.8) is 0 Å². The molecular formula is C9H13NO2S. The summed E-state index contributed by atoms with van der Waals surface area (Å²) < 4.78 is 0. The Morgan fingerprint density at radius 1 is 1.62 bits per heavy atom. The summed E-state index contributed by atoms with van der Waals surface area (Å²) in [6.45, 7) is 3.99. The van der Waals surface area contributed by atoms with Crippen LogP contribution < -0.4 is 0 Å². The van der Waals surface area contributed by atoms with Crippen LogP contribution in [0.5, 0.6) is 0 Å². The van der Waals surface area contributed by atoms with Crippen LogP contribution in [0.3, 0.4) is 0 Å². The predicted octanol–water partition coefficient (Wildman–Crippen LogP) is 2.03. The quantitative estimate of drug-likeness (QED) is 0.807. The van der Waals surface area contributed by atoms with Gasteiger partial charge in [0, 0.05) is 4.88 Å². The Balaban J connectivity index is 2.83. The molecule has 4 heteroatoms. The Morgan fingerprint density at radius 2 is 2.31 bits per heavy atom. The lowest BCUT2D eigenvalue weighted by molar-refractivity contribution is -0.136. The first-order valence-electron chi connectivity index (χ1n) is 4.30. The van der Waals surface area contributed by atoms with Crippen LogP contribution in [0.15, 0.2) is 0 Å². The van der Waals surface area contributed by atoms with Crippen molar-refractivity contribution in [3.8, 4) is 0 Å². The number of rotatable bonds is 4. The largest absolute Gasteiger partial charge is 0.481 e. The van der Waals surface area contributed by atoms with Crippen LogP contribution in [0.1, 0.15) is 28.9 Å². The zero-order valence-electron chi connectivity index (χ0n) is 7.83. The highest BCUT2D eigenvalue weighted by molar-refractivity contribution is 7.11. The van der Waals surface area contributed by atoms with Gasteiger partial charge in [-0.15, -0.1) is 11.3 Å². The molecule has 0 saturated carbocycles. The van der Waals surface area contributed by atoms with Gasteiger partial charge in [-0.1, -0.05) is 13.3 Å². The van der Waals surface area contributed by atoms with Crippen LogP contribution in [0, 0.1) is 6.92 Å². The van der Waals surface area contributed by atoms with E-state index in [9.17, 15) is 4.79 Å². The normalized spacial score (nSPS) is 10.3. The minimum atomic E-state index is -0.803. The summed E-state index contributed by atoms with van der Waals surface area (Å²) in [4.78, 5) is 15.8. The summed E-state index contributed by atoms with van der Waals surface area (Å²) in [5, 5.41) is 9.59. The molecule has 3 nitrogen and oxygen atoms in total. The molecule has 72 valence electrons. The standard InChI is InChI=1S/C9H13NO2S/c1-3-4-8-7(5-9(11)12)10-6(2)13-8/h3-5H2,1-2H3,(H,11,12). The van der Waals surface area contributed by atoms with Crippen LogP contribution in [0.4, 0.5) is 0 Å². The molecule has 0 fully saturated rings. The Bertz CT molecular complexity index is 307. The van der Waals surface area contributed by atoms with Crippen LogP contribution in [0.2, 0.25) is 0 Å². The van der Waals surface area contributed by atoms with Crippen LogP contribution >= 0.6 is 11.3 Å². The van der Waals surface area contributed by atoms with E-state index in [1.165, 1.54) is 0 Å². The second kappa shape index (κ2) is 4.37. The van der Waals surface area contributed by atoms with Gasteiger partial charge in [0.2, 0.25) is 0 Å². The molecule has 0 aliphatic heterocycles. The van der Waals surface area contributed by atoms with E-state index in [-0.39, 0.29) is 6.42 Å². The minimum Gasteiger partial charge on any atom is -0.481 e. The number of aromatic nitrogens is 1. The predicted molar refractivity (Wildman–Crippen MR) is 52.2 cm³/mol. The van der Waals surface area contributed by atoms with Gasteiger partial charge in [-0.25, -0.2) is 4.98 Å². The number of thiazole rings is 1. The molecule has 0 bridgehead atoms. The van der Waals surface area contributed by atoms with E-state index in [0.717, 1.165) is 28.4 Å². The van der Waals surface area contributed by atoms with Crippen molar-refractivity contribution in [2.24, 2.45) is 0 Å². The number of carboxylic acid groups (broad SMARTS) is 1. The number of aryl methyl sites for hydroxylation is 2. The number of hydrogen-bond donors (Lipinski definition) is 1. The fourth-order valence-corrected chi connectivity index (χ4v) is 2.27. The van der Waals surface area contributed by atoms with E-state index in [4.69, 9.17) is 5.11 Å². The summed E-state index contributed by atoms with van der Waals surface area (Å²) in [7, 11) is 0. The lowest BCUT2D eigenvalue weighted by Crippen LogP contribution is -2.02. The van der Waals surface area contributed by atoms with Crippen molar-refractivity contribution in [1.82, 2.24) is 4.98 Å². The number of hydrogen-bond acceptors (Lipinski definition) is 3. The van der Waals surface area contributed by atoms with Gasteiger partial charge in [0.1, 0.15) is 0 Å². The van der Waals surface area contributed by atoms with Crippen LogP contribution in [-0.4, -0.2) is 16.1 Å². The Hall–Kier alpha value is -0.900. The van der Waals surface area contributed by atoms with Gasteiger partial charge in [0.25, 0.3) is 0 Å². The third-order valence-corrected chi connectivity index (χ3v) is 2.75. The molecule has 0 saturated heterocycles. The molecule has 1 heterocycles. The lowest BCUT2D eigenvalue weighted by Gasteiger charge is -1.95.